The molecule has 4 heteroatoms. The highest BCUT2D eigenvalue weighted by atomic mass is 16.3. The van der Waals surface area contributed by atoms with E-state index in [1.165, 1.54) is 5.56 Å². The van der Waals surface area contributed by atoms with Gasteiger partial charge in [-0.3, -0.25) is 4.79 Å². The number of aliphatic hydroxyl groups excluding tert-OH is 1. The minimum Gasteiger partial charge on any atom is -0.393 e. The third kappa shape index (κ3) is 2.86. The van der Waals surface area contributed by atoms with Crippen LogP contribution in [0.25, 0.3) is 0 Å². The lowest BCUT2D eigenvalue weighted by Gasteiger charge is -2.30. The predicted octanol–water partition coefficient (Wildman–Crippen LogP) is 1.29. The van der Waals surface area contributed by atoms with E-state index in [-0.39, 0.29) is 24.0 Å². The first-order valence-electron chi connectivity index (χ1n) is 7.51. The summed E-state index contributed by atoms with van der Waals surface area (Å²) in [5, 5.41) is 16.0. The van der Waals surface area contributed by atoms with Gasteiger partial charge in [0, 0.05) is 19.1 Å². The zero-order valence-corrected chi connectivity index (χ0v) is 11.6. The van der Waals surface area contributed by atoms with Gasteiger partial charge in [0.05, 0.1) is 12.0 Å². The molecule has 1 saturated carbocycles. The highest BCUT2D eigenvalue weighted by molar-refractivity contribution is 5.85. The molecule has 0 saturated heterocycles. The molecular weight excluding hydrogens is 252 g/mol. The lowest BCUT2D eigenvalue weighted by molar-refractivity contribution is -0.123. The lowest BCUT2D eigenvalue weighted by atomic mass is 9.88. The van der Waals surface area contributed by atoms with E-state index in [1.807, 2.05) is 12.1 Å². The molecule has 20 heavy (non-hydrogen) atoms. The van der Waals surface area contributed by atoms with E-state index in [0.29, 0.717) is 6.54 Å². The average Bonchev–Trinajstić information content (AvgIpc) is 2.49. The smallest absolute Gasteiger partial charge is 0.229 e. The first-order valence-corrected chi connectivity index (χ1v) is 7.51. The van der Waals surface area contributed by atoms with Crippen molar-refractivity contribution in [2.24, 2.45) is 0 Å². The summed E-state index contributed by atoms with van der Waals surface area (Å²) in [6.07, 6.45) is 3.18. The maximum absolute atomic E-state index is 12.5. The first-order chi connectivity index (χ1) is 9.74. The number of nitrogens with one attached hydrogen (secondary N) is 2. The number of hydrogen-bond donors (Lipinski definition) is 3. The van der Waals surface area contributed by atoms with E-state index < -0.39 is 0 Å². The zero-order chi connectivity index (χ0) is 13.9. The number of carbonyl (C=O) groups is 1. The Morgan fingerprint density at radius 1 is 1.20 bits per heavy atom. The average molecular weight is 274 g/mol. The molecule has 3 rings (SSSR count). The van der Waals surface area contributed by atoms with E-state index in [9.17, 15) is 9.90 Å². The fourth-order valence-corrected chi connectivity index (χ4v) is 3.25. The predicted molar refractivity (Wildman–Crippen MR) is 77.3 cm³/mol. The highest BCUT2D eigenvalue weighted by Gasteiger charge is 2.28. The molecule has 1 aliphatic carbocycles. The molecule has 0 radical (unpaired) electrons. The fraction of sp³-hybridized carbons (Fsp3) is 0.562. The first kappa shape index (κ1) is 13.6. The summed E-state index contributed by atoms with van der Waals surface area (Å²) in [5.74, 6) is 0.0258. The molecule has 1 unspecified atom stereocenters. The summed E-state index contributed by atoms with van der Waals surface area (Å²) >= 11 is 0. The SMILES string of the molecule is O=C(NC1CCC(O)CC1)C1CNCc2ccccc21. The van der Waals surface area contributed by atoms with Crippen LogP contribution in [0.2, 0.25) is 0 Å². The molecule has 0 aromatic heterocycles. The van der Waals surface area contributed by atoms with Crippen LogP contribution in [0.3, 0.4) is 0 Å². The van der Waals surface area contributed by atoms with Crippen LogP contribution in [-0.4, -0.2) is 29.7 Å². The number of fused-ring (bicyclic) bond motifs is 1. The van der Waals surface area contributed by atoms with Crippen molar-refractivity contribution >= 4 is 5.91 Å². The van der Waals surface area contributed by atoms with E-state index in [0.717, 1.165) is 37.8 Å². The molecule has 1 atom stereocenters. The summed E-state index contributed by atoms with van der Waals surface area (Å²) in [4.78, 5) is 12.5. The van der Waals surface area contributed by atoms with Gasteiger partial charge >= 0.3 is 0 Å². The van der Waals surface area contributed by atoms with Gasteiger partial charge in [-0.05, 0) is 36.8 Å². The molecule has 4 nitrogen and oxygen atoms in total. The van der Waals surface area contributed by atoms with Crippen molar-refractivity contribution in [1.29, 1.82) is 0 Å². The highest BCUT2D eigenvalue weighted by Crippen LogP contribution is 2.25. The second-order valence-electron chi connectivity index (χ2n) is 5.90. The quantitative estimate of drug-likeness (QED) is 0.761. The van der Waals surface area contributed by atoms with Gasteiger partial charge in [-0.1, -0.05) is 24.3 Å². The standard InChI is InChI=1S/C16H22N2O2/c19-13-7-5-12(6-8-13)18-16(20)15-10-17-9-11-3-1-2-4-14(11)15/h1-4,12-13,15,17,19H,5-10H2,(H,18,20). The fourth-order valence-electron chi connectivity index (χ4n) is 3.25. The van der Waals surface area contributed by atoms with Crippen LogP contribution in [0.5, 0.6) is 0 Å². The number of aliphatic hydroxyl groups is 1. The Balaban J connectivity index is 1.66. The van der Waals surface area contributed by atoms with Crippen LogP contribution < -0.4 is 10.6 Å². The Kier molecular flexibility index (Phi) is 4.03. The van der Waals surface area contributed by atoms with Crippen LogP contribution in [0.1, 0.15) is 42.7 Å². The third-order valence-electron chi connectivity index (χ3n) is 4.45. The van der Waals surface area contributed by atoms with Crippen molar-refractivity contribution in [1.82, 2.24) is 10.6 Å². The molecular formula is C16H22N2O2. The van der Waals surface area contributed by atoms with Crippen LogP contribution in [0, 0.1) is 0 Å². The molecule has 1 aliphatic heterocycles. The zero-order valence-electron chi connectivity index (χ0n) is 11.6. The Hall–Kier alpha value is -1.39. The van der Waals surface area contributed by atoms with Crippen LogP contribution in [-0.2, 0) is 11.3 Å². The summed E-state index contributed by atoms with van der Waals surface area (Å²) in [7, 11) is 0. The third-order valence-corrected chi connectivity index (χ3v) is 4.45. The maximum atomic E-state index is 12.5. The van der Waals surface area contributed by atoms with Crippen molar-refractivity contribution in [3.05, 3.63) is 35.4 Å². The van der Waals surface area contributed by atoms with Gasteiger partial charge in [-0.15, -0.1) is 0 Å². The molecule has 1 fully saturated rings. The Labute approximate surface area is 119 Å². The van der Waals surface area contributed by atoms with Gasteiger partial charge in [0.15, 0.2) is 0 Å². The van der Waals surface area contributed by atoms with Gasteiger partial charge in [-0.25, -0.2) is 0 Å². The molecule has 3 N–H and O–H groups in total. The van der Waals surface area contributed by atoms with Crippen molar-refractivity contribution in [2.75, 3.05) is 6.54 Å². The molecule has 0 bridgehead atoms. The molecule has 1 amide bonds. The van der Waals surface area contributed by atoms with Crippen molar-refractivity contribution < 1.29 is 9.90 Å². The topological polar surface area (TPSA) is 61.4 Å². The minimum absolute atomic E-state index is 0.0909. The van der Waals surface area contributed by atoms with Crippen LogP contribution in [0.15, 0.2) is 24.3 Å². The summed E-state index contributed by atoms with van der Waals surface area (Å²) in [6, 6.07) is 8.38. The van der Waals surface area contributed by atoms with Gasteiger partial charge in [0.2, 0.25) is 5.91 Å². The number of benzene rings is 1. The molecule has 0 spiro atoms. The molecule has 1 aromatic rings. The second-order valence-corrected chi connectivity index (χ2v) is 5.90. The maximum Gasteiger partial charge on any atom is 0.229 e. The number of amides is 1. The summed E-state index contributed by atoms with van der Waals surface area (Å²) < 4.78 is 0. The number of hydrogen-bond acceptors (Lipinski definition) is 3. The van der Waals surface area contributed by atoms with E-state index in [4.69, 9.17) is 0 Å². The number of carbonyl (C=O) groups excluding carboxylic acids is 1. The largest absolute Gasteiger partial charge is 0.393 e. The van der Waals surface area contributed by atoms with Crippen molar-refractivity contribution in [3.63, 3.8) is 0 Å². The van der Waals surface area contributed by atoms with Gasteiger partial charge in [0.1, 0.15) is 0 Å². The van der Waals surface area contributed by atoms with Crippen molar-refractivity contribution in [2.45, 2.75) is 50.3 Å². The minimum atomic E-state index is -0.180. The van der Waals surface area contributed by atoms with Gasteiger partial charge < -0.3 is 15.7 Å². The van der Waals surface area contributed by atoms with E-state index >= 15 is 0 Å². The normalized spacial score (nSPS) is 29.6. The van der Waals surface area contributed by atoms with Gasteiger partial charge in [0.25, 0.3) is 0 Å². The lowest BCUT2D eigenvalue weighted by Crippen LogP contribution is -2.44. The van der Waals surface area contributed by atoms with Crippen LogP contribution >= 0.6 is 0 Å². The van der Waals surface area contributed by atoms with E-state index in [2.05, 4.69) is 22.8 Å². The Bertz CT molecular complexity index is 481. The molecule has 108 valence electrons. The second kappa shape index (κ2) is 5.94. The Morgan fingerprint density at radius 2 is 1.95 bits per heavy atom. The molecule has 1 aromatic carbocycles. The Morgan fingerprint density at radius 3 is 2.75 bits per heavy atom. The monoisotopic (exact) mass is 274 g/mol. The van der Waals surface area contributed by atoms with Gasteiger partial charge in [-0.2, -0.15) is 0 Å². The van der Waals surface area contributed by atoms with E-state index in [1.54, 1.807) is 0 Å². The number of rotatable bonds is 2. The summed E-state index contributed by atoms with van der Waals surface area (Å²) in [6.45, 7) is 1.55. The summed E-state index contributed by atoms with van der Waals surface area (Å²) in [5.41, 5.74) is 2.37. The molecule has 1 heterocycles. The van der Waals surface area contributed by atoms with Crippen molar-refractivity contribution in [3.8, 4) is 0 Å². The van der Waals surface area contributed by atoms with Crippen LogP contribution in [0.4, 0.5) is 0 Å². The molecule has 2 aliphatic rings.